The first-order chi connectivity index (χ1) is 14.5. The average Bonchev–Trinajstić information content (AvgIpc) is 3.33. The molecule has 0 radical (unpaired) electrons. The topological polar surface area (TPSA) is 96.1 Å². The van der Waals surface area contributed by atoms with E-state index < -0.39 is 6.17 Å². The van der Waals surface area contributed by atoms with E-state index >= 15 is 0 Å². The number of allylic oxidation sites excluding steroid dienone is 1. The minimum atomic E-state index is -1.15. The van der Waals surface area contributed by atoms with Gasteiger partial charge in [0.1, 0.15) is 24.3 Å². The molecule has 2 aromatic rings. The van der Waals surface area contributed by atoms with Gasteiger partial charge in [-0.2, -0.15) is 5.10 Å². The molecule has 1 saturated heterocycles. The van der Waals surface area contributed by atoms with Crippen molar-refractivity contribution in [3.05, 3.63) is 30.1 Å². The fraction of sp³-hybridized carbons (Fsp3) is 0.500. The summed E-state index contributed by atoms with van der Waals surface area (Å²) in [7, 11) is 1.63. The minimum absolute atomic E-state index is 0.107. The Morgan fingerprint density at radius 1 is 1.47 bits per heavy atom. The van der Waals surface area contributed by atoms with Crippen LogP contribution in [0.15, 0.2) is 35.1 Å². The molecule has 2 bridgehead atoms. The third-order valence-electron chi connectivity index (χ3n) is 5.22. The van der Waals surface area contributed by atoms with Gasteiger partial charge in [0, 0.05) is 25.4 Å². The van der Waals surface area contributed by atoms with Crippen LogP contribution in [0.25, 0.3) is 5.65 Å². The highest BCUT2D eigenvalue weighted by Gasteiger charge is 2.33. The number of nitrogens with one attached hydrogen (secondary N) is 2. The van der Waals surface area contributed by atoms with E-state index in [4.69, 9.17) is 9.72 Å². The lowest BCUT2D eigenvalue weighted by molar-refractivity contribution is 0.233. The van der Waals surface area contributed by atoms with Gasteiger partial charge >= 0.3 is 6.03 Å². The Labute approximate surface area is 174 Å². The van der Waals surface area contributed by atoms with E-state index in [-0.39, 0.29) is 24.7 Å². The van der Waals surface area contributed by atoms with Crippen LogP contribution in [-0.2, 0) is 4.74 Å². The second-order valence-electron chi connectivity index (χ2n) is 7.60. The van der Waals surface area contributed by atoms with Gasteiger partial charge in [-0.25, -0.2) is 18.7 Å². The largest absolute Gasteiger partial charge is 0.475 e. The Hall–Kier alpha value is -3.17. The molecule has 0 aliphatic carbocycles. The van der Waals surface area contributed by atoms with Gasteiger partial charge in [-0.05, 0) is 38.8 Å². The van der Waals surface area contributed by atoms with Crippen molar-refractivity contribution in [2.45, 2.75) is 44.9 Å². The lowest BCUT2D eigenvalue weighted by atomic mass is 10.0. The Kier molecular flexibility index (Phi) is 5.56. The Morgan fingerprint density at radius 2 is 2.30 bits per heavy atom. The van der Waals surface area contributed by atoms with Crippen molar-refractivity contribution in [3.8, 4) is 0 Å². The molecule has 30 heavy (non-hydrogen) atoms. The highest BCUT2D eigenvalue weighted by Crippen LogP contribution is 2.31. The number of anilines is 2. The SMILES string of the molecule is CN=C1OC[C@@H](C)NC(=O)Nc2cnn3ccc(nc23)N2CCC[C@@H]2/C1=C/[C@@H](C)F. The van der Waals surface area contributed by atoms with E-state index in [2.05, 4.69) is 25.6 Å². The lowest BCUT2D eigenvalue weighted by Gasteiger charge is -2.29. The number of carbonyl (C=O) groups is 1. The normalized spacial score (nSPS) is 26.3. The Balaban J connectivity index is 1.83. The zero-order valence-corrected chi connectivity index (χ0v) is 17.3. The standard InChI is InChI=1S/C20H26FN7O2/c1-12(21)9-14-16-5-4-7-27(16)17-6-8-28-18(26-17)15(10-23-28)25-20(29)24-13(2)11-30-19(14)22-3/h6,8-10,12-13,16H,4-5,7,11H2,1-3H3,(H2,24,25,29)/b14-9-,22-19?/t12-,13-,16-/m1/s1. The maximum Gasteiger partial charge on any atom is 0.319 e. The second-order valence-corrected chi connectivity index (χ2v) is 7.60. The second kappa shape index (κ2) is 8.29. The van der Waals surface area contributed by atoms with Gasteiger partial charge in [-0.1, -0.05) is 0 Å². The van der Waals surface area contributed by atoms with Gasteiger partial charge in [0.2, 0.25) is 5.90 Å². The van der Waals surface area contributed by atoms with E-state index in [1.54, 1.807) is 30.0 Å². The van der Waals surface area contributed by atoms with Crippen molar-refractivity contribution in [3.63, 3.8) is 0 Å². The number of aliphatic imine (C=N–C) groups is 1. The zero-order valence-electron chi connectivity index (χ0n) is 17.3. The zero-order chi connectivity index (χ0) is 21.3. The molecule has 1 fully saturated rings. The number of hydrogen-bond acceptors (Lipinski definition) is 6. The number of alkyl halides is 1. The summed E-state index contributed by atoms with van der Waals surface area (Å²) in [6.45, 7) is 4.30. The highest BCUT2D eigenvalue weighted by atomic mass is 19.1. The number of aromatic nitrogens is 3. The van der Waals surface area contributed by atoms with Crippen LogP contribution in [0, 0.1) is 0 Å². The number of ether oxygens (including phenoxy) is 1. The van der Waals surface area contributed by atoms with Crippen molar-refractivity contribution in [2.75, 3.05) is 30.4 Å². The van der Waals surface area contributed by atoms with Crippen LogP contribution in [0.5, 0.6) is 0 Å². The summed E-state index contributed by atoms with van der Waals surface area (Å²) in [5.74, 6) is 1.11. The molecule has 9 nitrogen and oxygen atoms in total. The number of halogens is 1. The molecule has 2 aliphatic heterocycles. The first kappa shape index (κ1) is 20.1. The smallest absolute Gasteiger partial charge is 0.319 e. The lowest BCUT2D eigenvalue weighted by Crippen LogP contribution is -2.41. The van der Waals surface area contributed by atoms with Crippen molar-refractivity contribution in [2.24, 2.45) is 4.99 Å². The van der Waals surface area contributed by atoms with Crippen LogP contribution >= 0.6 is 0 Å². The number of hydrogen-bond donors (Lipinski definition) is 2. The van der Waals surface area contributed by atoms with E-state index in [0.717, 1.165) is 25.2 Å². The van der Waals surface area contributed by atoms with Crippen LogP contribution in [0.3, 0.4) is 0 Å². The van der Waals surface area contributed by atoms with Crippen molar-refractivity contribution < 1.29 is 13.9 Å². The summed E-state index contributed by atoms with van der Waals surface area (Å²) in [6.07, 6.45) is 5.55. The molecule has 3 atom stereocenters. The molecule has 10 heteroatoms. The van der Waals surface area contributed by atoms with Crippen molar-refractivity contribution in [1.82, 2.24) is 19.9 Å². The number of fused-ring (bicyclic) bond motifs is 3. The molecule has 2 aromatic heterocycles. The number of amides is 2. The molecule has 0 unspecified atom stereocenters. The fourth-order valence-corrected chi connectivity index (χ4v) is 3.95. The summed E-state index contributed by atoms with van der Waals surface area (Å²) < 4.78 is 21.6. The highest BCUT2D eigenvalue weighted by molar-refractivity contribution is 5.96. The molecule has 2 amide bonds. The van der Waals surface area contributed by atoms with Crippen LogP contribution in [0.4, 0.5) is 20.7 Å². The predicted molar refractivity (Wildman–Crippen MR) is 113 cm³/mol. The first-order valence-electron chi connectivity index (χ1n) is 10.1. The summed E-state index contributed by atoms with van der Waals surface area (Å²) in [5, 5.41) is 9.88. The Bertz CT molecular complexity index is 1000. The monoisotopic (exact) mass is 415 g/mol. The fourth-order valence-electron chi connectivity index (χ4n) is 3.95. The molecule has 0 aromatic carbocycles. The van der Waals surface area contributed by atoms with Crippen LogP contribution in [0.2, 0.25) is 0 Å². The summed E-state index contributed by atoms with van der Waals surface area (Å²) in [4.78, 5) is 23.6. The third kappa shape index (κ3) is 3.94. The van der Waals surface area contributed by atoms with Gasteiger partial charge < -0.3 is 20.3 Å². The maximum atomic E-state index is 14.1. The van der Waals surface area contributed by atoms with Crippen molar-refractivity contribution in [1.29, 1.82) is 0 Å². The number of nitrogens with zero attached hydrogens (tertiary/aromatic N) is 5. The van der Waals surface area contributed by atoms with Gasteiger partial charge in [-0.3, -0.25) is 4.99 Å². The molecule has 4 heterocycles. The van der Waals surface area contributed by atoms with Crippen LogP contribution < -0.4 is 15.5 Å². The molecular formula is C20H26FN7O2. The number of urea groups is 1. The van der Waals surface area contributed by atoms with E-state index in [0.29, 0.717) is 22.8 Å². The first-order valence-corrected chi connectivity index (χ1v) is 10.1. The molecule has 0 spiro atoms. The molecular weight excluding hydrogens is 389 g/mol. The van der Waals surface area contributed by atoms with Gasteiger partial charge in [0.15, 0.2) is 5.65 Å². The van der Waals surface area contributed by atoms with E-state index in [1.165, 1.54) is 6.92 Å². The van der Waals surface area contributed by atoms with Gasteiger partial charge in [0.25, 0.3) is 0 Å². The maximum absolute atomic E-state index is 14.1. The molecule has 4 rings (SSSR count). The molecule has 160 valence electrons. The van der Waals surface area contributed by atoms with Crippen LogP contribution in [0.1, 0.15) is 26.7 Å². The van der Waals surface area contributed by atoms with E-state index in [1.807, 2.05) is 13.0 Å². The third-order valence-corrected chi connectivity index (χ3v) is 5.22. The molecule has 2 N–H and O–H groups in total. The van der Waals surface area contributed by atoms with Crippen molar-refractivity contribution >= 4 is 29.1 Å². The molecule has 2 aliphatic rings. The Morgan fingerprint density at radius 3 is 3.07 bits per heavy atom. The van der Waals surface area contributed by atoms with Crippen LogP contribution in [-0.4, -0.2) is 65.0 Å². The number of carbonyl (C=O) groups excluding carboxylic acids is 1. The predicted octanol–water partition coefficient (Wildman–Crippen LogP) is 2.55. The molecule has 0 saturated carbocycles. The average molecular weight is 415 g/mol. The number of rotatable bonds is 1. The summed E-state index contributed by atoms with van der Waals surface area (Å²) >= 11 is 0. The summed E-state index contributed by atoms with van der Waals surface area (Å²) in [5.41, 5.74) is 1.76. The quantitative estimate of drug-likeness (QED) is 0.746. The van der Waals surface area contributed by atoms with Gasteiger partial charge in [0.05, 0.1) is 18.3 Å². The minimum Gasteiger partial charge on any atom is -0.475 e. The summed E-state index contributed by atoms with van der Waals surface area (Å²) in [6, 6.07) is 1.09. The van der Waals surface area contributed by atoms with Gasteiger partial charge in [-0.15, -0.1) is 0 Å². The van der Waals surface area contributed by atoms with E-state index in [9.17, 15) is 9.18 Å².